The minimum absolute atomic E-state index is 0. The molecular weight excluding hydrogens is 246 g/mol. The minimum atomic E-state index is 0. The van der Waals surface area contributed by atoms with Crippen LogP contribution in [0.25, 0.3) is 11.3 Å². The fourth-order valence-electron chi connectivity index (χ4n) is 2.55. The quantitative estimate of drug-likeness (QED) is 0.855. The number of hydrogen-bond acceptors (Lipinski definition) is 2. The van der Waals surface area contributed by atoms with Crippen molar-refractivity contribution >= 4 is 12.4 Å². The monoisotopic (exact) mass is 263 g/mol. The van der Waals surface area contributed by atoms with Gasteiger partial charge in [-0.2, -0.15) is 5.10 Å². The average Bonchev–Trinajstić information content (AvgIpc) is 2.57. The van der Waals surface area contributed by atoms with Crippen molar-refractivity contribution in [1.82, 2.24) is 15.1 Å². The van der Waals surface area contributed by atoms with Crippen LogP contribution in [0.4, 0.5) is 0 Å². The van der Waals surface area contributed by atoms with Crippen LogP contribution in [0, 0.1) is 0 Å². The normalized spacial score (nSPS) is 14.5. The van der Waals surface area contributed by atoms with Gasteiger partial charge in [0.05, 0.1) is 5.69 Å². The Morgan fingerprint density at radius 1 is 1.11 bits per heavy atom. The molecule has 1 aliphatic rings. The Kier molecular flexibility index (Phi) is 4.04. The number of rotatable bonds is 1. The maximum absolute atomic E-state index is 4.69. The molecule has 0 radical (unpaired) electrons. The summed E-state index contributed by atoms with van der Waals surface area (Å²) in [5.74, 6) is 0. The summed E-state index contributed by atoms with van der Waals surface area (Å²) in [6.45, 7) is 2.11. The van der Waals surface area contributed by atoms with E-state index >= 15 is 0 Å². The zero-order valence-corrected chi connectivity index (χ0v) is 11.3. The van der Waals surface area contributed by atoms with E-state index in [0.717, 1.165) is 31.6 Å². The van der Waals surface area contributed by atoms with E-state index in [4.69, 9.17) is 5.10 Å². The largest absolute Gasteiger partial charge is 0.316 e. The van der Waals surface area contributed by atoms with Crippen LogP contribution in [0.2, 0.25) is 0 Å². The van der Waals surface area contributed by atoms with E-state index in [2.05, 4.69) is 36.6 Å². The lowest BCUT2D eigenvalue weighted by molar-refractivity contribution is 0.667. The first-order chi connectivity index (χ1) is 8.36. The predicted octanol–water partition coefficient (Wildman–Crippen LogP) is 2.20. The third kappa shape index (κ3) is 2.28. The van der Waals surface area contributed by atoms with E-state index in [9.17, 15) is 0 Å². The molecule has 18 heavy (non-hydrogen) atoms. The van der Waals surface area contributed by atoms with E-state index in [1.807, 2.05) is 10.7 Å². The van der Waals surface area contributed by atoms with Crippen molar-refractivity contribution in [3.63, 3.8) is 0 Å². The lowest BCUT2D eigenvalue weighted by atomic mass is 10.0. The molecule has 2 aromatic rings. The smallest absolute Gasteiger partial charge is 0.0958 e. The summed E-state index contributed by atoms with van der Waals surface area (Å²) in [4.78, 5) is 0. The molecule has 0 saturated heterocycles. The molecule has 0 amide bonds. The Morgan fingerprint density at radius 2 is 1.83 bits per heavy atom. The second-order valence-corrected chi connectivity index (χ2v) is 4.51. The number of fused-ring (bicyclic) bond motifs is 1. The summed E-state index contributed by atoms with van der Waals surface area (Å²) < 4.78 is 2.05. The summed E-state index contributed by atoms with van der Waals surface area (Å²) in [6.07, 6.45) is 2.15. The van der Waals surface area contributed by atoms with Crippen molar-refractivity contribution in [2.24, 2.45) is 7.05 Å². The lowest BCUT2D eigenvalue weighted by Crippen LogP contribution is -2.17. The highest BCUT2D eigenvalue weighted by Crippen LogP contribution is 2.26. The van der Waals surface area contributed by atoms with Gasteiger partial charge in [-0.25, -0.2) is 0 Å². The van der Waals surface area contributed by atoms with Crippen LogP contribution in [0.15, 0.2) is 30.3 Å². The van der Waals surface area contributed by atoms with Crippen LogP contribution in [-0.4, -0.2) is 22.9 Å². The number of nitrogens with zero attached hydrogens (tertiary/aromatic N) is 2. The van der Waals surface area contributed by atoms with Gasteiger partial charge in [-0.1, -0.05) is 30.3 Å². The molecule has 3 nitrogen and oxygen atoms in total. The highest BCUT2D eigenvalue weighted by atomic mass is 35.5. The highest BCUT2D eigenvalue weighted by Gasteiger charge is 2.18. The number of aryl methyl sites for hydroxylation is 1. The predicted molar refractivity (Wildman–Crippen MR) is 76.2 cm³/mol. The van der Waals surface area contributed by atoms with Crippen LogP contribution >= 0.6 is 12.4 Å². The summed E-state index contributed by atoms with van der Waals surface area (Å²) >= 11 is 0. The molecule has 1 aromatic carbocycles. The molecule has 2 heterocycles. The van der Waals surface area contributed by atoms with Crippen LogP contribution in [0.3, 0.4) is 0 Å². The van der Waals surface area contributed by atoms with Crippen molar-refractivity contribution in [2.45, 2.75) is 12.8 Å². The van der Waals surface area contributed by atoms with Gasteiger partial charge in [0.1, 0.15) is 0 Å². The van der Waals surface area contributed by atoms with Crippen molar-refractivity contribution < 1.29 is 0 Å². The molecule has 0 spiro atoms. The number of halogens is 1. The van der Waals surface area contributed by atoms with Crippen LogP contribution < -0.4 is 5.32 Å². The number of hydrogen-bond donors (Lipinski definition) is 1. The fraction of sp³-hybridized carbons (Fsp3) is 0.357. The van der Waals surface area contributed by atoms with E-state index in [-0.39, 0.29) is 12.4 Å². The zero-order valence-electron chi connectivity index (χ0n) is 10.5. The van der Waals surface area contributed by atoms with Crippen molar-refractivity contribution in [3.05, 3.63) is 41.6 Å². The number of nitrogens with one attached hydrogen (secondary N) is 1. The van der Waals surface area contributed by atoms with Crippen LogP contribution in [0.1, 0.15) is 11.3 Å². The molecule has 0 bridgehead atoms. The third-order valence-corrected chi connectivity index (χ3v) is 3.41. The van der Waals surface area contributed by atoms with E-state index in [1.54, 1.807) is 0 Å². The van der Waals surface area contributed by atoms with Gasteiger partial charge < -0.3 is 5.32 Å². The van der Waals surface area contributed by atoms with E-state index in [0.29, 0.717) is 0 Å². The molecule has 0 unspecified atom stereocenters. The Bertz CT molecular complexity index is 519. The Labute approximate surface area is 114 Å². The Balaban J connectivity index is 0.00000120. The van der Waals surface area contributed by atoms with Crippen molar-refractivity contribution in [2.75, 3.05) is 13.1 Å². The van der Waals surface area contributed by atoms with E-state index in [1.165, 1.54) is 16.8 Å². The van der Waals surface area contributed by atoms with Crippen LogP contribution in [0.5, 0.6) is 0 Å². The Hall–Kier alpha value is -1.32. The zero-order chi connectivity index (χ0) is 11.7. The summed E-state index contributed by atoms with van der Waals surface area (Å²) in [5.41, 5.74) is 5.19. The summed E-state index contributed by atoms with van der Waals surface area (Å²) in [7, 11) is 2.05. The van der Waals surface area contributed by atoms with Crippen molar-refractivity contribution in [1.29, 1.82) is 0 Å². The second kappa shape index (κ2) is 5.55. The molecular formula is C14H18ClN3. The Morgan fingerprint density at radius 3 is 2.61 bits per heavy atom. The van der Waals surface area contributed by atoms with Gasteiger partial charge in [-0.15, -0.1) is 12.4 Å². The van der Waals surface area contributed by atoms with Gasteiger partial charge in [0.15, 0.2) is 0 Å². The topological polar surface area (TPSA) is 29.9 Å². The summed E-state index contributed by atoms with van der Waals surface area (Å²) in [6, 6.07) is 10.5. The lowest BCUT2D eigenvalue weighted by Gasteiger charge is -2.01. The first kappa shape index (κ1) is 13.1. The fourth-order valence-corrected chi connectivity index (χ4v) is 2.55. The number of aromatic nitrogens is 2. The van der Waals surface area contributed by atoms with Gasteiger partial charge in [-0.3, -0.25) is 4.68 Å². The maximum Gasteiger partial charge on any atom is 0.0958 e. The number of benzene rings is 1. The highest BCUT2D eigenvalue weighted by molar-refractivity contribution is 5.85. The van der Waals surface area contributed by atoms with E-state index < -0.39 is 0 Å². The third-order valence-electron chi connectivity index (χ3n) is 3.41. The van der Waals surface area contributed by atoms with Gasteiger partial charge in [0.25, 0.3) is 0 Å². The molecule has 1 N–H and O–H groups in total. The van der Waals surface area contributed by atoms with Crippen molar-refractivity contribution in [3.8, 4) is 11.3 Å². The van der Waals surface area contributed by atoms with Gasteiger partial charge in [-0.05, 0) is 13.0 Å². The molecule has 1 aromatic heterocycles. The molecule has 4 heteroatoms. The minimum Gasteiger partial charge on any atom is -0.316 e. The molecule has 0 saturated carbocycles. The first-order valence-electron chi connectivity index (χ1n) is 6.17. The second-order valence-electron chi connectivity index (χ2n) is 4.51. The van der Waals surface area contributed by atoms with Gasteiger partial charge in [0, 0.05) is 36.8 Å². The molecule has 0 atom stereocenters. The molecule has 1 aliphatic heterocycles. The van der Waals surface area contributed by atoms with Gasteiger partial charge >= 0.3 is 0 Å². The first-order valence-corrected chi connectivity index (χ1v) is 6.17. The standard InChI is InChI=1S/C14H17N3.ClH/c1-17-13-8-10-15-9-7-12(13)14(16-17)11-5-3-2-4-6-11;/h2-6,15H,7-10H2,1H3;1H. The summed E-state index contributed by atoms with van der Waals surface area (Å²) in [5, 5.41) is 8.14. The molecule has 0 aliphatic carbocycles. The molecule has 0 fully saturated rings. The average molecular weight is 264 g/mol. The van der Waals surface area contributed by atoms with Gasteiger partial charge in [0.2, 0.25) is 0 Å². The molecule has 96 valence electrons. The van der Waals surface area contributed by atoms with Crippen LogP contribution in [-0.2, 0) is 19.9 Å². The molecule has 3 rings (SSSR count). The SMILES string of the molecule is Cl.Cn1nc(-c2ccccc2)c2c1CCNCC2. The maximum atomic E-state index is 4.69.